The Labute approximate surface area is 118 Å². The Morgan fingerprint density at radius 1 is 1.05 bits per heavy atom. The highest BCUT2D eigenvalue weighted by Gasteiger charge is 2.23. The summed E-state index contributed by atoms with van der Waals surface area (Å²) in [6.07, 6.45) is -0.603. The van der Waals surface area contributed by atoms with Crippen LogP contribution in [-0.4, -0.2) is 6.54 Å². The van der Waals surface area contributed by atoms with Gasteiger partial charge in [-0.15, -0.1) is 0 Å². The van der Waals surface area contributed by atoms with Crippen LogP contribution in [0.3, 0.4) is 0 Å². The smallest absolute Gasteiger partial charge is 0.146 e. The van der Waals surface area contributed by atoms with E-state index in [0.717, 1.165) is 12.1 Å². The second-order valence-corrected chi connectivity index (χ2v) is 4.86. The highest BCUT2D eigenvalue weighted by atomic mass is 35.5. The zero-order valence-corrected chi connectivity index (χ0v) is 10.8. The standard InChI is InChI=1S/C14H9ClF3NO/c15-10-4-12-13(5-11(10)18)20-14(6-19-12)7-1-8(16)3-9(17)2-7/h1-5,14,19H,6H2. The molecule has 0 bridgehead atoms. The summed E-state index contributed by atoms with van der Waals surface area (Å²) in [5.74, 6) is -1.72. The molecule has 0 spiro atoms. The minimum Gasteiger partial charge on any atom is -0.482 e. The van der Waals surface area contributed by atoms with Crippen molar-refractivity contribution < 1.29 is 17.9 Å². The fourth-order valence-electron chi connectivity index (χ4n) is 2.11. The molecule has 1 heterocycles. The zero-order chi connectivity index (χ0) is 14.3. The first kappa shape index (κ1) is 13.1. The molecular formula is C14H9ClF3NO. The Balaban J connectivity index is 1.93. The molecule has 6 heteroatoms. The van der Waals surface area contributed by atoms with Gasteiger partial charge in [0.15, 0.2) is 0 Å². The van der Waals surface area contributed by atoms with E-state index in [9.17, 15) is 13.2 Å². The SMILES string of the molecule is Fc1cc(F)cc(C2CNc3cc(Cl)c(F)cc3O2)c1. The van der Waals surface area contributed by atoms with Crippen LogP contribution < -0.4 is 10.1 Å². The molecular weight excluding hydrogens is 291 g/mol. The van der Waals surface area contributed by atoms with Crippen LogP contribution in [-0.2, 0) is 0 Å². The lowest BCUT2D eigenvalue weighted by atomic mass is 10.1. The van der Waals surface area contributed by atoms with Crippen molar-refractivity contribution >= 4 is 17.3 Å². The van der Waals surface area contributed by atoms with Gasteiger partial charge in [-0.25, -0.2) is 13.2 Å². The van der Waals surface area contributed by atoms with Crippen LogP contribution in [0.4, 0.5) is 18.9 Å². The second kappa shape index (κ2) is 4.90. The van der Waals surface area contributed by atoms with Crippen molar-refractivity contribution in [3.63, 3.8) is 0 Å². The van der Waals surface area contributed by atoms with Crippen LogP contribution in [0.25, 0.3) is 0 Å². The molecule has 0 saturated carbocycles. The molecule has 0 aliphatic carbocycles. The monoisotopic (exact) mass is 299 g/mol. The first-order chi connectivity index (χ1) is 9.52. The molecule has 20 heavy (non-hydrogen) atoms. The van der Waals surface area contributed by atoms with E-state index in [0.29, 0.717) is 17.8 Å². The van der Waals surface area contributed by atoms with E-state index in [4.69, 9.17) is 16.3 Å². The van der Waals surface area contributed by atoms with Gasteiger partial charge in [0, 0.05) is 12.1 Å². The summed E-state index contributed by atoms with van der Waals surface area (Å²) in [7, 11) is 0. The Bertz CT molecular complexity index is 657. The van der Waals surface area contributed by atoms with E-state index >= 15 is 0 Å². The summed E-state index contributed by atoms with van der Waals surface area (Å²) in [4.78, 5) is 0. The minimum atomic E-state index is -0.684. The number of ether oxygens (including phenoxy) is 1. The summed E-state index contributed by atoms with van der Waals surface area (Å²) in [6.45, 7) is 0.303. The van der Waals surface area contributed by atoms with E-state index in [1.165, 1.54) is 18.2 Å². The number of fused-ring (bicyclic) bond motifs is 1. The number of anilines is 1. The van der Waals surface area contributed by atoms with E-state index in [1.807, 2.05) is 0 Å². The topological polar surface area (TPSA) is 21.3 Å². The van der Waals surface area contributed by atoms with Gasteiger partial charge in [-0.2, -0.15) is 0 Å². The Hall–Kier alpha value is -1.88. The molecule has 2 aromatic rings. The summed E-state index contributed by atoms with van der Waals surface area (Å²) in [5.41, 5.74) is 0.889. The molecule has 0 amide bonds. The van der Waals surface area contributed by atoms with Gasteiger partial charge < -0.3 is 10.1 Å². The van der Waals surface area contributed by atoms with Crippen LogP contribution in [0.5, 0.6) is 5.75 Å². The molecule has 104 valence electrons. The van der Waals surface area contributed by atoms with Crippen molar-refractivity contribution in [2.24, 2.45) is 0 Å². The van der Waals surface area contributed by atoms with Gasteiger partial charge in [-0.3, -0.25) is 0 Å². The number of hydrogen-bond donors (Lipinski definition) is 1. The molecule has 0 radical (unpaired) electrons. The van der Waals surface area contributed by atoms with Gasteiger partial charge in [0.25, 0.3) is 0 Å². The number of hydrogen-bond acceptors (Lipinski definition) is 2. The van der Waals surface area contributed by atoms with Crippen molar-refractivity contribution in [3.05, 3.63) is 58.4 Å². The van der Waals surface area contributed by atoms with Gasteiger partial charge in [0.05, 0.1) is 17.3 Å². The third-order valence-electron chi connectivity index (χ3n) is 3.03. The normalized spacial score (nSPS) is 17.1. The largest absolute Gasteiger partial charge is 0.482 e. The van der Waals surface area contributed by atoms with E-state index < -0.39 is 23.6 Å². The molecule has 2 nitrogen and oxygen atoms in total. The molecule has 1 N–H and O–H groups in total. The molecule has 3 rings (SSSR count). The van der Waals surface area contributed by atoms with E-state index in [2.05, 4.69) is 5.32 Å². The van der Waals surface area contributed by atoms with Crippen LogP contribution >= 0.6 is 11.6 Å². The van der Waals surface area contributed by atoms with E-state index in [-0.39, 0.29) is 10.8 Å². The maximum atomic E-state index is 13.4. The van der Waals surface area contributed by atoms with Crippen molar-refractivity contribution in [2.75, 3.05) is 11.9 Å². The van der Waals surface area contributed by atoms with Crippen LogP contribution in [0, 0.1) is 17.5 Å². The van der Waals surface area contributed by atoms with Crippen LogP contribution in [0.15, 0.2) is 30.3 Å². The molecule has 2 aromatic carbocycles. The fraction of sp³-hybridized carbons (Fsp3) is 0.143. The van der Waals surface area contributed by atoms with Crippen molar-refractivity contribution in [1.82, 2.24) is 0 Å². The lowest BCUT2D eigenvalue weighted by molar-refractivity contribution is 0.208. The van der Waals surface area contributed by atoms with Gasteiger partial charge in [-0.05, 0) is 23.8 Å². The Kier molecular flexibility index (Phi) is 3.22. The summed E-state index contributed by atoms with van der Waals surface area (Å²) >= 11 is 5.67. The van der Waals surface area contributed by atoms with Gasteiger partial charge in [0.2, 0.25) is 0 Å². The Morgan fingerprint density at radius 2 is 1.75 bits per heavy atom. The minimum absolute atomic E-state index is 0.0184. The first-order valence-corrected chi connectivity index (χ1v) is 6.26. The predicted molar refractivity (Wildman–Crippen MR) is 69.6 cm³/mol. The molecule has 1 unspecified atom stereocenters. The van der Waals surface area contributed by atoms with Crippen molar-refractivity contribution in [2.45, 2.75) is 6.10 Å². The molecule has 0 saturated heterocycles. The van der Waals surface area contributed by atoms with E-state index in [1.54, 1.807) is 0 Å². The molecule has 0 fully saturated rings. The third kappa shape index (κ3) is 2.41. The zero-order valence-electron chi connectivity index (χ0n) is 10.1. The molecule has 1 aliphatic rings. The first-order valence-electron chi connectivity index (χ1n) is 5.88. The summed E-state index contributed by atoms with van der Waals surface area (Å²) < 4.78 is 45.4. The van der Waals surface area contributed by atoms with Gasteiger partial charge in [-0.1, -0.05) is 11.6 Å². The highest BCUT2D eigenvalue weighted by Crippen LogP contribution is 2.37. The molecule has 0 aromatic heterocycles. The number of halogens is 4. The second-order valence-electron chi connectivity index (χ2n) is 4.45. The third-order valence-corrected chi connectivity index (χ3v) is 3.32. The maximum Gasteiger partial charge on any atom is 0.146 e. The molecule has 1 atom stereocenters. The number of benzene rings is 2. The van der Waals surface area contributed by atoms with Gasteiger partial charge in [0.1, 0.15) is 29.3 Å². The van der Waals surface area contributed by atoms with Crippen LogP contribution in [0.2, 0.25) is 5.02 Å². The van der Waals surface area contributed by atoms with Crippen molar-refractivity contribution in [3.8, 4) is 5.75 Å². The van der Waals surface area contributed by atoms with Gasteiger partial charge >= 0.3 is 0 Å². The van der Waals surface area contributed by atoms with Crippen molar-refractivity contribution in [1.29, 1.82) is 0 Å². The quantitative estimate of drug-likeness (QED) is 0.847. The average molecular weight is 300 g/mol. The Morgan fingerprint density at radius 3 is 2.45 bits per heavy atom. The summed E-state index contributed by atoms with van der Waals surface area (Å²) in [6, 6.07) is 5.72. The number of nitrogens with one attached hydrogen (secondary N) is 1. The maximum absolute atomic E-state index is 13.4. The lowest BCUT2D eigenvalue weighted by Crippen LogP contribution is -2.24. The average Bonchev–Trinajstić information content (AvgIpc) is 2.38. The highest BCUT2D eigenvalue weighted by molar-refractivity contribution is 6.31. The molecule has 1 aliphatic heterocycles. The fourth-order valence-corrected chi connectivity index (χ4v) is 2.27. The predicted octanol–water partition coefficient (Wildman–Crippen LogP) is 4.30. The summed E-state index contributed by atoms with van der Waals surface area (Å²) in [5, 5.41) is 2.98. The van der Waals surface area contributed by atoms with Crippen LogP contribution in [0.1, 0.15) is 11.7 Å². The lowest BCUT2D eigenvalue weighted by Gasteiger charge is -2.28. The number of rotatable bonds is 1.